The maximum absolute atomic E-state index is 12.6. The highest BCUT2D eigenvalue weighted by atomic mass is 16.5. The monoisotopic (exact) mass is 338 g/mol. The summed E-state index contributed by atoms with van der Waals surface area (Å²) in [6.45, 7) is 11.2. The van der Waals surface area contributed by atoms with E-state index >= 15 is 0 Å². The van der Waals surface area contributed by atoms with Gasteiger partial charge in [-0.15, -0.1) is 0 Å². The third-order valence-corrected chi connectivity index (χ3v) is 5.95. The molecular formula is C20H38N2O2. The maximum atomic E-state index is 12.6. The van der Waals surface area contributed by atoms with Crippen LogP contribution in [0.15, 0.2) is 0 Å². The van der Waals surface area contributed by atoms with Crippen LogP contribution in [0.25, 0.3) is 0 Å². The van der Waals surface area contributed by atoms with Crippen LogP contribution in [-0.2, 0) is 9.53 Å². The van der Waals surface area contributed by atoms with E-state index in [0.29, 0.717) is 17.9 Å². The summed E-state index contributed by atoms with van der Waals surface area (Å²) >= 11 is 0. The minimum absolute atomic E-state index is 0.250. The summed E-state index contributed by atoms with van der Waals surface area (Å²) in [6.07, 6.45) is 8.66. The third kappa shape index (κ3) is 6.03. The Balaban J connectivity index is 1.73. The molecule has 1 saturated carbocycles. The van der Waals surface area contributed by atoms with E-state index in [-0.39, 0.29) is 5.92 Å². The second kappa shape index (κ2) is 10.4. The first kappa shape index (κ1) is 19.7. The van der Waals surface area contributed by atoms with Gasteiger partial charge in [0.25, 0.3) is 0 Å². The average molecular weight is 339 g/mol. The summed E-state index contributed by atoms with van der Waals surface area (Å²) in [5, 5.41) is 3.27. The fraction of sp³-hybridized carbons (Fsp3) is 0.950. The first-order valence-corrected chi connectivity index (χ1v) is 10.2. The first-order chi connectivity index (χ1) is 11.6. The number of hydrogen-bond acceptors (Lipinski definition) is 3. The zero-order valence-electron chi connectivity index (χ0n) is 16.1. The van der Waals surface area contributed by atoms with Crippen LogP contribution in [-0.4, -0.2) is 49.7 Å². The van der Waals surface area contributed by atoms with Crippen molar-refractivity contribution in [1.29, 1.82) is 0 Å². The van der Waals surface area contributed by atoms with E-state index in [0.717, 1.165) is 51.6 Å². The summed E-state index contributed by atoms with van der Waals surface area (Å²) in [5.41, 5.74) is 0. The van der Waals surface area contributed by atoms with Crippen molar-refractivity contribution in [2.45, 2.75) is 71.8 Å². The lowest BCUT2D eigenvalue weighted by atomic mass is 9.79. The molecule has 1 unspecified atom stereocenters. The minimum Gasteiger partial charge on any atom is -0.379 e. The molecule has 2 aliphatic rings. The lowest BCUT2D eigenvalue weighted by Crippen LogP contribution is -2.51. The molecule has 4 nitrogen and oxygen atoms in total. The van der Waals surface area contributed by atoms with Crippen molar-refractivity contribution in [3.05, 3.63) is 0 Å². The Morgan fingerprint density at radius 1 is 1.17 bits per heavy atom. The van der Waals surface area contributed by atoms with E-state index in [4.69, 9.17) is 4.74 Å². The third-order valence-electron chi connectivity index (χ3n) is 5.95. The Kier molecular flexibility index (Phi) is 8.54. The van der Waals surface area contributed by atoms with Crippen molar-refractivity contribution < 1.29 is 9.53 Å². The van der Waals surface area contributed by atoms with Gasteiger partial charge in [0.2, 0.25) is 5.91 Å². The summed E-state index contributed by atoms with van der Waals surface area (Å²) < 4.78 is 5.46. The predicted octanol–water partition coefficient (Wildman–Crippen LogP) is 3.46. The van der Waals surface area contributed by atoms with Gasteiger partial charge in [-0.05, 0) is 37.5 Å². The van der Waals surface area contributed by atoms with Crippen molar-refractivity contribution in [1.82, 2.24) is 10.2 Å². The van der Waals surface area contributed by atoms with E-state index < -0.39 is 0 Å². The quantitative estimate of drug-likeness (QED) is 0.737. The molecule has 2 rings (SSSR count). The highest BCUT2D eigenvalue weighted by molar-refractivity contribution is 5.78. The highest BCUT2D eigenvalue weighted by Gasteiger charge is 2.28. The Bertz CT molecular complexity index is 359. The van der Waals surface area contributed by atoms with Crippen LogP contribution in [0.3, 0.4) is 0 Å². The largest absolute Gasteiger partial charge is 0.379 e. The van der Waals surface area contributed by atoms with Gasteiger partial charge in [-0.25, -0.2) is 0 Å². The van der Waals surface area contributed by atoms with Gasteiger partial charge in [-0.1, -0.05) is 40.0 Å². The summed E-state index contributed by atoms with van der Waals surface area (Å²) in [6, 6.07) is 0.429. The number of amides is 1. The molecule has 1 saturated heterocycles. The van der Waals surface area contributed by atoms with E-state index in [2.05, 4.69) is 31.0 Å². The van der Waals surface area contributed by atoms with Gasteiger partial charge in [-0.3, -0.25) is 9.69 Å². The summed E-state index contributed by atoms with van der Waals surface area (Å²) in [4.78, 5) is 15.1. The molecule has 1 heterocycles. The SMILES string of the molecule is CCCCC1CCC(C(=O)NCC(C(C)C)N2CCOCC2)CC1. The number of ether oxygens (including phenoxy) is 1. The average Bonchev–Trinajstić information content (AvgIpc) is 2.61. The number of nitrogens with zero attached hydrogens (tertiary/aromatic N) is 1. The number of nitrogens with one attached hydrogen (secondary N) is 1. The van der Waals surface area contributed by atoms with Crippen LogP contribution in [0.2, 0.25) is 0 Å². The maximum Gasteiger partial charge on any atom is 0.223 e. The minimum atomic E-state index is 0.250. The van der Waals surface area contributed by atoms with Crippen LogP contribution in [0.4, 0.5) is 0 Å². The molecule has 2 fully saturated rings. The number of morpholine rings is 1. The Labute approximate surface area is 148 Å². The summed E-state index contributed by atoms with van der Waals surface area (Å²) in [7, 11) is 0. The van der Waals surface area contributed by atoms with E-state index in [9.17, 15) is 4.79 Å². The van der Waals surface area contributed by atoms with Gasteiger partial charge in [0.1, 0.15) is 0 Å². The number of carbonyl (C=O) groups excluding carboxylic acids is 1. The molecule has 1 atom stereocenters. The number of carbonyl (C=O) groups is 1. The topological polar surface area (TPSA) is 41.6 Å². The smallest absolute Gasteiger partial charge is 0.223 e. The summed E-state index contributed by atoms with van der Waals surface area (Å²) in [5.74, 6) is 1.96. The standard InChI is InChI=1S/C20H38N2O2/c1-4-5-6-17-7-9-18(10-8-17)20(23)21-15-19(16(2)3)22-11-13-24-14-12-22/h16-19H,4-15H2,1-3H3,(H,21,23). The van der Waals surface area contributed by atoms with Gasteiger partial charge in [0.15, 0.2) is 0 Å². The van der Waals surface area contributed by atoms with Crippen LogP contribution < -0.4 is 5.32 Å². The number of rotatable bonds is 8. The molecule has 24 heavy (non-hydrogen) atoms. The van der Waals surface area contributed by atoms with Crippen molar-refractivity contribution in [2.24, 2.45) is 17.8 Å². The second-order valence-corrected chi connectivity index (χ2v) is 8.06. The Hall–Kier alpha value is -0.610. The van der Waals surface area contributed by atoms with Gasteiger partial charge >= 0.3 is 0 Å². The fourth-order valence-corrected chi connectivity index (χ4v) is 4.25. The normalized spacial score (nSPS) is 27.2. The van der Waals surface area contributed by atoms with Crippen molar-refractivity contribution >= 4 is 5.91 Å². The molecule has 1 amide bonds. The molecule has 4 heteroatoms. The van der Waals surface area contributed by atoms with Crippen molar-refractivity contribution in [3.8, 4) is 0 Å². The lowest BCUT2D eigenvalue weighted by molar-refractivity contribution is -0.126. The molecule has 0 radical (unpaired) electrons. The predicted molar refractivity (Wildman–Crippen MR) is 99.0 cm³/mol. The Morgan fingerprint density at radius 3 is 2.42 bits per heavy atom. The molecule has 0 aromatic carbocycles. The number of unbranched alkanes of at least 4 members (excludes halogenated alkanes) is 1. The highest BCUT2D eigenvalue weighted by Crippen LogP contribution is 2.32. The lowest BCUT2D eigenvalue weighted by Gasteiger charge is -2.37. The zero-order valence-corrected chi connectivity index (χ0v) is 16.1. The van der Waals surface area contributed by atoms with Gasteiger partial charge in [0.05, 0.1) is 13.2 Å². The molecular weight excluding hydrogens is 300 g/mol. The second-order valence-electron chi connectivity index (χ2n) is 8.06. The molecule has 1 N–H and O–H groups in total. The molecule has 0 bridgehead atoms. The van der Waals surface area contributed by atoms with Crippen molar-refractivity contribution in [3.63, 3.8) is 0 Å². The van der Waals surface area contributed by atoms with Crippen LogP contribution in [0.1, 0.15) is 65.7 Å². The molecule has 0 aromatic rings. The van der Waals surface area contributed by atoms with Gasteiger partial charge < -0.3 is 10.1 Å². The van der Waals surface area contributed by atoms with Crippen LogP contribution >= 0.6 is 0 Å². The van der Waals surface area contributed by atoms with E-state index in [1.807, 2.05) is 0 Å². The van der Waals surface area contributed by atoms with E-state index in [1.165, 1.54) is 32.1 Å². The number of hydrogen-bond donors (Lipinski definition) is 1. The zero-order chi connectivity index (χ0) is 17.4. The Morgan fingerprint density at radius 2 is 1.83 bits per heavy atom. The van der Waals surface area contributed by atoms with E-state index in [1.54, 1.807) is 0 Å². The fourth-order valence-electron chi connectivity index (χ4n) is 4.25. The molecule has 140 valence electrons. The van der Waals surface area contributed by atoms with Crippen LogP contribution in [0, 0.1) is 17.8 Å². The molecule has 0 spiro atoms. The molecule has 1 aliphatic carbocycles. The van der Waals surface area contributed by atoms with Gasteiger partial charge in [0, 0.05) is 31.6 Å². The van der Waals surface area contributed by atoms with Crippen LogP contribution in [0.5, 0.6) is 0 Å². The molecule has 0 aromatic heterocycles. The van der Waals surface area contributed by atoms with Gasteiger partial charge in [-0.2, -0.15) is 0 Å². The molecule has 1 aliphatic heterocycles. The van der Waals surface area contributed by atoms with Crippen molar-refractivity contribution in [2.75, 3.05) is 32.8 Å². The first-order valence-electron chi connectivity index (χ1n) is 10.2.